The van der Waals surface area contributed by atoms with E-state index in [2.05, 4.69) is 14.9 Å². The van der Waals surface area contributed by atoms with Gasteiger partial charge in [0.05, 0.1) is 0 Å². The van der Waals surface area contributed by atoms with Gasteiger partial charge in [0.15, 0.2) is 5.84 Å². The molecule has 9 heavy (non-hydrogen) atoms. The number of hydrogen-bond donors (Lipinski definition) is 3. The molecule has 0 aromatic carbocycles. The van der Waals surface area contributed by atoms with Crippen molar-refractivity contribution in [2.75, 3.05) is 0 Å². The van der Waals surface area contributed by atoms with Crippen molar-refractivity contribution in [3.63, 3.8) is 0 Å². The van der Waals surface area contributed by atoms with Gasteiger partial charge >= 0.3 is 0 Å². The van der Waals surface area contributed by atoms with Gasteiger partial charge in [-0.1, -0.05) is 0 Å². The van der Waals surface area contributed by atoms with Gasteiger partial charge in [-0.3, -0.25) is 5.41 Å². The molecule has 6 nitrogen and oxygen atoms in total. The van der Waals surface area contributed by atoms with E-state index in [1.54, 1.807) is 0 Å². The van der Waals surface area contributed by atoms with E-state index < -0.39 is 5.88 Å². The molecular weight excluding hydrogens is 124 g/mol. The predicted octanol–water partition coefficient (Wildman–Crippen LogP) is -0.941. The molecule has 48 valence electrons. The van der Waals surface area contributed by atoms with E-state index in [0.717, 1.165) is 0 Å². The molecule has 6 heteroatoms. The van der Waals surface area contributed by atoms with E-state index >= 15 is 0 Å². The fourth-order valence-electron chi connectivity index (χ4n) is 0.354. The van der Waals surface area contributed by atoms with Crippen LogP contribution in [0.15, 0.2) is 4.63 Å². The molecule has 0 saturated carbocycles. The second kappa shape index (κ2) is 1.73. The third kappa shape index (κ3) is 0.809. The molecule has 0 saturated heterocycles. The van der Waals surface area contributed by atoms with Crippen molar-refractivity contribution in [1.82, 2.24) is 10.3 Å². The van der Waals surface area contributed by atoms with E-state index in [-0.39, 0.29) is 11.5 Å². The summed E-state index contributed by atoms with van der Waals surface area (Å²) in [6.07, 6.45) is 0. The Morgan fingerprint density at radius 1 is 1.67 bits per heavy atom. The van der Waals surface area contributed by atoms with Gasteiger partial charge in [-0.15, -0.1) is 0 Å². The zero-order valence-corrected chi connectivity index (χ0v) is 4.33. The average molecular weight is 128 g/mol. The molecule has 0 aliphatic carbocycles. The first-order chi connectivity index (χ1) is 4.22. The number of nitrogens with two attached hydrogens (primary N) is 1. The normalized spacial score (nSPS) is 9.33. The monoisotopic (exact) mass is 128 g/mol. The van der Waals surface area contributed by atoms with Crippen LogP contribution in [0.5, 0.6) is 5.88 Å². The van der Waals surface area contributed by atoms with Crippen molar-refractivity contribution < 1.29 is 9.74 Å². The number of nitrogen functional groups attached to an aromatic ring is 1. The summed E-state index contributed by atoms with van der Waals surface area (Å²) in [4.78, 5) is 0. The van der Waals surface area contributed by atoms with E-state index in [1.807, 2.05) is 0 Å². The summed E-state index contributed by atoms with van der Waals surface area (Å²) >= 11 is 0. The summed E-state index contributed by atoms with van der Waals surface area (Å²) in [7, 11) is 0. The second-order valence-electron chi connectivity index (χ2n) is 1.35. The SMILES string of the molecule is N=C(N)c1nonc1O. The minimum atomic E-state index is -0.456. The van der Waals surface area contributed by atoms with Crippen LogP contribution in [-0.2, 0) is 0 Å². The second-order valence-corrected chi connectivity index (χ2v) is 1.35. The maximum Gasteiger partial charge on any atom is 0.284 e. The molecule has 1 heterocycles. The Morgan fingerprint density at radius 3 is 2.56 bits per heavy atom. The molecule has 0 atom stereocenters. The highest BCUT2D eigenvalue weighted by molar-refractivity contribution is 5.94. The summed E-state index contributed by atoms with van der Waals surface area (Å²) < 4.78 is 4.04. The molecule has 4 N–H and O–H groups in total. The van der Waals surface area contributed by atoms with E-state index in [0.29, 0.717) is 0 Å². The van der Waals surface area contributed by atoms with Crippen LogP contribution in [0, 0.1) is 5.41 Å². The minimum absolute atomic E-state index is 0.130. The van der Waals surface area contributed by atoms with Crippen LogP contribution < -0.4 is 5.73 Å². The lowest BCUT2D eigenvalue weighted by molar-refractivity contribution is 0.286. The van der Waals surface area contributed by atoms with Crippen molar-refractivity contribution in [2.45, 2.75) is 0 Å². The standard InChI is InChI=1S/C3H4N4O2/c4-2(5)1-3(8)7-9-6-1/h(H3,4,5)(H,7,8). The molecule has 0 aliphatic rings. The van der Waals surface area contributed by atoms with Crippen molar-refractivity contribution in [1.29, 1.82) is 5.41 Å². The zero-order chi connectivity index (χ0) is 6.85. The number of rotatable bonds is 1. The zero-order valence-electron chi connectivity index (χ0n) is 4.33. The number of aromatic hydroxyl groups is 1. The average Bonchev–Trinajstić information content (AvgIpc) is 2.13. The predicted molar refractivity (Wildman–Crippen MR) is 27.0 cm³/mol. The quantitative estimate of drug-likeness (QED) is 0.334. The molecule has 0 aliphatic heterocycles. The van der Waals surface area contributed by atoms with E-state index in [1.165, 1.54) is 0 Å². The van der Waals surface area contributed by atoms with E-state index in [4.69, 9.17) is 16.2 Å². The number of nitrogens with one attached hydrogen (secondary N) is 1. The van der Waals surface area contributed by atoms with Gasteiger partial charge in [0, 0.05) is 0 Å². The van der Waals surface area contributed by atoms with Crippen molar-refractivity contribution in [3.8, 4) is 5.88 Å². The maximum absolute atomic E-state index is 8.63. The highest BCUT2D eigenvalue weighted by Gasteiger charge is 2.09. The Balaban J connectivity index is 3.08. The van der Waals surface area contributed by atoms with Gasteiger partial charge in [-0.2, -0.15) is 0 Å². The summed E-state index contributed by atoms with van der Waals surface area (Å²) in [5, 5.41) is 21.5. The van der Waals surface area contributed by atoms with Crippen LogP contribution >= 0.6 is 0 Å². The Labute approximate surface area is 49.8 Å². The summed E-state index contributed by atoms with van der Waals surface area (Å²) in [6.45, 7) is 0. The Bertz CT molecular complexity index is 229. The Morgan fingerprint density at radius 2 is 2.33 bits per heavy atom. The summed E-state index contributed by atoms with van der Waals surface area (Å²) in [6, 6.07) is 0. The first-order valence-electron chi connectivity index (χ1n) is 2.07. The number of hydrogen-bond acceptors (Lipinski definition) is 5. The fourth-order valence-corrected chi connectivity index (χ4v) is 0.354. The van der Waals surface area contributed by atoms with Gasteiger partial charge < -0.3 is 10.8 Å². The van der Waals surface area contributed by atoms with Crippen molar-refractivity contribution in [3.05, 3.63) is 5.69 Å². The largest absolute Gasteiger partial charge is 0.489 e. The lowest BCUT2D eigenvalue weighted by Crippen LogP contribution is -2.11. The van der Waals surface area contributed by atoms with Crippen molar-refractivity contribution >= 4 is 5.84 Å². The molecule has 1 aromatic rings. The van der Waals surface area contributed by atoms with Gasteiger partial charge in [0.2, 0.25) is 5.69 Å². The highest BCUT2D eigenvalue weighted by atomic mass is 16.6. The van der Waals surface area contributed by atoms with Gasteiger partial charge in [-0.25, -0.2) is 4.63 Å². The van der Waals surface area contributed by atoms with Gasteiger partial charge in [0.25, 0.3) is 5.88 Å². The fraction of sp³-hybridized carbons (Fsp3) is 0. The Kier molecular flexibility index (Phi) is 1.07. The minimum Gasteiger partial charge on any atom is -0.489 e. The van der Waals surface area contributed by atoms with Crippen LogP contribution in [0.4, 0.5) is 0 Å². The van der Waals surface area contributed by atoms with Gasteiger partial charge in [-0.05, 0) is 10.3 Å². The molecule has 0 unspecified atom stereocenters. The molecular formula is C3H4N4O2. The summed E-state index contributed by atoms with van der Waals surface area (Å²) in [5.74, 6) is -0.823. The van der Waals surface area contributed by atoms with Gasteiger partial charge in [0.1, 0.15) is 0 Å². The van der Waals surface area contributed by atoms with Crippen molar-refractivity contribution in [2.24, 2.45) is 5.73 Å². The summed E-state index contributed by atoms with van der Waals surface area (Å²) in [5.41, 5.74) is 4.79. The smallest absolute Gasteiger partial charge is 0.284 e. The highest BCUT2D eigenvalue weighted by Crippen LogP contribution is 2.06. The number of amidine groups is 1. The third-order valence-electron chi connectivity index (χ3n) is 0.726. The molecule has 0 spiro atoms. The van der Waals surface area contributed by atoms with Crippen LogP contribution in [0.2, 0.25) is 0 Å². The first kappa shape index (κ1) is 5.54. The van der Waals surface area contributed by atoms with Crippen LogP contribution in [0.3, 0.4) is 0 Å². The first-order valence-corrected chi connectivity index (χ1v) is 2.07. The van der Waals surface area contributed by atoms with E-state index in [9.17, 15) is 0 Å². The van der Waals surface area contributed by atoms with Crippen LogP contribution in [-0.4, -0.2) is 21.3 Å². The number of nitrogens with zero attached hydrogens (tertiary/aromatic N) is 2. The maximum atomic E-state index is 8.63. The Hall–Kier alpha value is -1.59. The molecule has 0 bridgehead atoms. The molecule has 0 radical (unpaired) electrons. The molecule has 0 amide bonds. The molecule has 1 rings (SSSR count). The lowest BCUT2D eigenvalue weighted by Gasteiger charge is -1.84. The van der Waals surface area contributed by atoms with Crippen LogP contribution in [0.25, 0.3) is 0 Å². The third-order valence-corrected chi connectivity index (χ3v) is 0.726. The molecule has 1 aromatic heterocycles. The number of aromatic nitrogens is 2. The molecule has 0 fully saturated rings. The topological polar surface area (TPSA) is 109 Å². The van der Waals surface area contributed by atoms with Crippen LogP contribution in [0.1, 0.15) is 5.69 Å². The lowest BCUT2D eigenvalue weighted by atomic mass is 10.4.